The lowest BCUT2D eigenvalue weighted by Gasteiger charge is -2.20. The number of aromatic hydroxyl groups is 1. The van der Waals surface area contributed by atoms with E-state index in [4.69, 9.17) is 19.0 Å². The lowest BCUT2D eigenvalue weighted by Crippen LogP contribution is -2.17. The van der Waals surface area contributed by atoms with E-state index >= 15 is 0 Å². The van der Waals surface area contributed by atoms with Crippen LogP contribution >= 0.6 is 0 Å². The zero-order valence-corrected chi connectivity index (χ0v) is 25.5. The number of hydrogen-bond acceptors (Lipinski definition) is 10. The Bertz CT molecular complexity index is 1490. The van der Waals surface area contributed by atoms with Gasteiger partial charge >= 0.3 is 0 Å². The van der Waals surface area contributed by atoms with Crippen molar-refractivity contribution in [2.45, 2.75) is 64.5 Å². The van der Waals surface area contributed by atoms with Crippen molar-refractivity contribution < 1.29 is 24.2 Å². The van der Waals surface area contributed by atoms with Gasteiger partial charge in [0.05, 0.1) is 57.5 Å². The van der Waals surface area contributed by atoms with E-state index in [2.05, 4.69) is 50.7 Å². The summed E-state index contributed by atoms with van der Waals surface area (Å²) in [7, 11) is 0. The third-order valence-electron chi connectivity index (χ3n) is 7.56. The number of rotatable bonds is 17. The molecule has 2 aromatic heterocycles. The summed E-state index contributed by atoms with van der Waals surface area (Å²) in [5.41, 5.74) is 5.71. The van der Waals surface area contributed by atoms with Crippen LogP contribution in [-0.2, 0) is 51.8 Å². The summed E-state index contributed by atoms with van der Waals surface area (Å²) in [5.74, 6) is 0.229. The predicted octanol–water partition coefficient (Wildman–Crippen LogP) is 4.99. The van der Waals surface area contributed by atoms with Crippen LogP contribution in [0.3, 0.4) is 0 Å². The molecule has 12 nitrogen and oxygen atoms in total. The molecule has 45 heavy (non-hydrogen) atoms. The molecule has 0 spiro atoms. The molecule has 0 bridgehead atoms. The van der Waals surface area contributed by atoms with Gasteiger partial charge in [-0.05, 0) is 48.6 Å². The fourth-order valence-corrected chi connectivity index (χ4v) is 5.24. The van der Waals surface area contributed by atoms with Crippen molar-refractivity contribution in [3.05, 3.63) is 88.5 Å². The number of fused-ring (bicyclic) bond motifs is 1. The highest BCUT2D eigenvalue weighted by Crippen LogP contribution is 2.29. The fraction of sp³-hybridized carbons (Fsp3) is 0.424. The van der Waals surface area contributed by atoms with E-state index in [1.807, 2.05) is 45.8 Å². The molecule has 2 heterocycles. The normalized spacial score (nSPS) is 15.1. The Morgan fingerprint density at radius 3 is 2.49 bits per heavy atom. The summed E-state index contributed by atoms with van der Waals surface area (Å²) in [6.45, 7) is 6.88. The second-order valence-electron chi connectivity index (χ2n) is 10.7. The average Bonchev–Trinajstić information content (AvgIpc) is 3.63. The minimum Gasteiger partial charge on any atom is -0.508 e. The molecule has 0 amide bonds. The Kier molecular flexibility index (Phi) is 12.2. The van der Waals surface area contributed by atoms with E-state index in [1.165, 1.54) is 0 Å². The first-order chi connectivity index (χ1) is 22.2. The van der Waals surface area contributed by atoms with Crippen LogP contribution in [-0.4, -0.2) is 68.2 Å². The third-order valence-corrected chi connectivity index (χ3v) is 7.56. The van der Waals surface area contributed by atoms with Gasteiger partial charge in [-0.1, -0.05) is 71.8 Å². The fourth-order valence-electron chi connectivity index (χ4n) is 5.24. The number of phenolic OH excluding ortho intramolecular Hbond substituents is 1. The summed E-state index contributed by atoms with van der Waals surface area (Å²) >= 11 is 0. The molecule has 238 valence electrons. The van der Waals surface area contributed by atoms with Crippen LogP contribution in [0, 0.1) is 0 Å². The van der Waals surface area contributed by atoms with Crippen molar-refractivity contribution in [1.82, 2.24) is 30.0 Å². The Labute approximate surface area is 263 Å². The van der Waals surface area contributed by atoms with Gasteiger partial charge < -0.3 is 24.2 Å². The lowest BCUT2D eigenvalue weighted by molar-refractivity contribution is -0.0167. The van der Waals surface area contributed by atoms with Gasteiger partial charge in [-0.25, -0.2) is 9.36 Å². The molecule has 0 aliphatic heterocycles. The largest absolute Gasteiger partial charge is 0.508 e. The van der Waals surface area contributed by atoms with Crippen molar-refractivity contribution in [2.75, 3.05) is 26.4 Å². The van der Waals surface area contributed by atoms with E-state index in [9.17, 15) is 5.11 Å². The molecule has 5 rings (SSSR count). The number of benzene rings is 2. The molecule has 0 fully saturated rings. The smallest absolute Gasteiger partial charge is 0.140 e. The number of aromatic nitrogens is 6. The van der Waals surface area contributed by atoms with Crippen molar-refractivity contribution in [3.8, 4) is 5.75 Å². The van der Waals surface area contributed by atoms with Gasteiger partial charge in [0, 0.05) is 6.72 Å². The molecule has 0 saturated carbocycles. The van der Waals surface area contributed by atoms with Crippen LogP contribution in [0.5, 0.6) is 5.75 Å². The lowest BCUT2D eigenvalue weighted by atomic mass is 9.99. The summed E-state index contributed by atoms with van der Waals surface area (Å²) in [6, 6.07) is 17.1. The Balaban J connectivity index is 1.25. The van der Waals surface area contributed by atoms with Crippen molar-refractivity contribution in [1.29, 1.82) is 0 Å². The first-order valence-corrected chi connectivity index (χ1v) is 15.4. The van der Waals surface area contributed by atoms with E-state index in [0.717, 1.165) is 66.0 Å². The monoisotopic (exact) mass is 615 g/mol. The third kappa shape index (κ3) is 9.55. The molecule has 1 N–H and O–H groups in total. The van der Waals surface area contributed by atoms with Crippen LogP contribution in [0.2, 0.25) is 0 Å². The number of aryl methyl sites for hydroxylation is 2. The van der Waals surface area contributed by atoms with Crippen LogP contribution in [0.25, 0.3) is 12.2 Å². The zero-order chi connectivity index (χ0) is 31.1. The van der Waals surface area contributed by atoms with Crippen LogP contribution in [0.4, 0.5) is 0 Å². The number of ether oxygens (including phenoxy) is 3. The molecule has 1 aliphatic carbocycles. The van der Waals surface area contributed by atoms with Gasteiger partial charge in [0.15, 0.2) is 0 Å². The molecule has 0 saturated heterocycles. The number of nitrogens with zero attached hydrogens (tertiary/aromatic N) is 7. The first-order valence-electron chi connectivity index (χ1n) is 15.4. The molecule has 12 heteroatoms. The Morgan fingerprint density at radius 2 is 1.64 bits per heavy atom. The quantitative estimate of drug-likeness (QED) is 0.0992. The molecule has 0 radical (unpaired) electrons. The highest BCUT2D eigenvalue weighted by molar-refractivity contribution is 5.68. The average molecular weight is 616 g/mol. The minimum atomic E-state index is -0.114. The van der Waals surface area contributed by atoms with E-state index in [0.29, 0.717) is 52.7 Å². The van der Waals surface area contributed by atoms with Crippen LogP contribution < -0.4 is 0 Å². The number of hydrogen-bond donors (Lipinski definition) is 1. The van der Waals surface area contributed by atoms with Crippen LogP contribution in [0.1, 0.15) is 65.7 Å². The summed E-state index contributed by atoms with van der Waals surface area (Å²) < 4.78 is 21.6. The molecule has 2 aromatic carbocycles. The van der Waals surface area contributed by atoms with E-state index < -0.39 is 0 Å². The number of phenols is 1. The maximum absolute atomic E-state index is 9.55. The second-order valence-corrected chi connectivity index (χ2v) is 10.7. The highest BCUT2D eigenvalue weighted by atomic mass is 16.6. The molecule has 1 aliphatic rings. The number of oxime groups is 1. The maximum atomic E-state index is 9.55. The van der Waals surface area contributed by atoms with Crippen molar-refractivity contribution >= 4 is 18.9 Å². The molecule has 1 unspecified atom stereocenters. The van der Waals surface area contributed by atoms with Gasteiger partial charge in [-0.15, -0.1) is 15.4 Å². The zero-order valence-electron chi connectivity index (χ0n) is 25.5. The van der Waals surface area contributed by atoms with E-state index in [-0.39, 0.29) is 11.9 Å². The first kappa shape index (κ1) is 32.0. The Hall–Kier alpha value is -4.39. The predicted molar refractivity (Wildman–Crippen MR) is 169 cm³/mol. The Morgan fingerprint density at radius 1 is 0.844 bits per heavy atom. The topological polar surface area (TPSA) is 131 Å². The van der Waals surface area contributed by atoms with Crippen LogP contribution in [0.15, 0.2) is 59.8 Å². The molecule has 1 atom stereocenters. The summed E-state index contributed by atoms with van der Waals surface area (Å²) in [5, 5.41) is 31.0. The standard InChI is InChI=1S/C33H41N7O5/c1-34-45-23-21-42-20-22-44-32-11-7-3-6-10-31-33(32)36-38-40(31)19-18-39-30(17-14-26-8-4-2-5-9-26)29(35-37-39)25-43-24-27-12-15-28(41)16-13-27/h2,4-5,8-9,12-17,32,41H,1,3,6-7,10-11,18-25H2/b17-14+. The van der Waals surface area contributed by atoms with E-state index in [1.54, 1.807) is 12.1 Å². The van der Waals surface area contributed by atoms with Gasteiger partial charge in [0.25, 0.3) is 0 Å². The van der Waals surface area contributed by atoms with Gasteiger partial charge in [0.1, 0.15) is 29.8 Å². The maximum Gasteiger partial charge on any atom is 0.140 e. The molecule has 4 aromatic rings. The molecular formula is C33H41N7O5. The summed E-state index contributed by atoms with van der Waals surface area (Å²) in [6.07, 6.45) is 9.09. The van der Waals surface area contributed by atoms with Gasteiger partial charge in [-0.3, -0.25) is 0 Å². The van der Waals surface area contributed by atoms with Gasteiger partial charge in [0.2, 0.25) is 0 Å². The van der Waals surface area contributed by atoms with Crippen molar-refractivity contribution in [3.63, 3.8) is 0 Å². The molecular weight excluding hydrogens is 574 g/mol. The minimum absolute atomic E-state index is 0.114. The van der Waals surface area contributed by atoms with Crippen molar-refractivity contribution in [2.24, 2.45) is 5.16 Å². The SMILES string of the molecule is C=NOCCOCCOC1CCCCCc2c1nnn2CCn1nnc(COCc2ccc(O)cc2)c1/C=C/c1ccccc1. The van der Waals surface area contributed by atoms with Gasteiger partial charge in [-0.2, -0.15) is 0 Å². The highest BCUT2D eigenvalue weighted by Gasteiger charge is 2.24. The summed E-state index contributed by atoms with van der Waals surface area (Å²) in [4.78, 5) is 4.84. The second kappa shape index (κ2) is 17.2.